The first kappa shape index (κ1) is 13.8. The van der Waals surface area contributed by atoms with Gasteiger partial charge in [0.05, 0.1) is 16.9 Å². The molecule has 0 fully saturated rings. The SMILES string of the molecule is Nc1cc(C(F)(F)F)ccc1NC(=O)Cn1cncn1. The topological polar surface area (TPSA) is 85.8 Å². The molecule has 106 valence electrons. The largest absolute Gasteiger partial charge is 0.416 e. The number of hydrogen-bond donors (Lipinski definition) is 2. The molecule has 2 rings (SSSR count). The Morgan fingerprint density at radius 1 is 1.40 bits per heavy atom. The number of rotatable bonds is 3. The number of anilines is 2. The molecule has 1 aromatic carbocycles. The number of nitrogens with one attached hydrogen (secondary N) is 1. The quantitative estimate of drug-likeness (QED) is 0.837. The number of carbonyl (C=O) groups is 1. The lowest BCUT2D eigenvalue weighted by Crippen LogP contribution is -2.20. The van der Waals surface area contributed by atoms with Crippen LogP contribution in [-0.2, 0) is 17.5 Å². The molecule has 1 amide bonds. The number of nitrogens with zero attached hydrogens (tertiary/aromatic N) is 3. The molecule has 0 aliphatic rings. The Balaban J connectivity index is 2.08. The molecule has 0 unspecified atom stereocenters. The summed E-state index contributed by atoms with van der Waals surface area (Å²) >= 11 is 0. The molecule has 9 heteroatoms. The van der Waals surface area contributed by atoms with Gasteiger partial charge in [-0.1, -0.05) is 0 Å². The molecule has 0 saturated heterocycles. The van der Waals surface area contributed by atoms with Crippen LogP contribution in [-0.4, -0.2) is 20.7 Å². The Hall–Kier alpha value is -2.58. The van der Waals surface area contributed by atoms with Crippen LogP contribution in [0.15, 0.2) is 30.9 Å². The molecular formula is C11H10F3N5O. The number of aromatic nitrogens is 3. The number of amides is 1. The van der Waals surface area contributed by atoms with Crippen molar-refractivity contribution in [2.45, 2.75) is 12.7 Å². The van der Waals surface area contributed by atoms with Gasteiger partial charge in [0.1, 0.15) is 19.2 Å². The smallest absolute Gasteiger partial charge is 0.397 e. The predicted molar refractivity (Wildman–Crippen MR) is 64.5 cm³/mol. The first-order valence-corrected chi connectivity index (χ1v) is 5.45. The Kier molecular flexibility index (Phi) is 3.59. The maximum Gasteiger partial charge on any atom is 0.416 e. The van der Waals surface area contributed by atoms with E-state index < -0.39 is 17.6 Å². The van der Waals surface area contributed by atoms with Gasteiger partial charge in [0, 0.05) is 0 Å². The van der Waals surface area contributed by atoms with Gasteiger partial charge >= 0.3 is 6.18 Å². The minimum absolute atomic E-state index is 0.111. The zero-order valence-corrected chi connectivity index (χ0v) is 10.1. The molecule has 0 radical (unpaired) electrons. The van der Waals surface area contributed by atoms with E-state index in [1.165, 1.54) is 17.3 Å². The number of carbonyl (C=O) groups excluding carboxylic acids is 1. The molecule has 0 bridgehead atoms. The van der Waals surface area contributed by atoms with E-state index in [-0.39, 0.29) is 17.9 Å². The normalized spacial score (nSPS) is 11.3. The lowest BCUT2D eigenvalue weighted by Gasteiger charge is -2.11. The number of halogens is 3. The van der Waals surface area contributed by atoms with E-state index in [1.54, 1.807) is 0 Å². The minimum atomic E-state index is -4.47. The van der Waals surface area contributed by atoms with Crippen molar-refractivity contribution >= 4 is 17.3 Å². The van der Waals surface area contributed by atoms with Gasteiger partial charge in [0.25, 0.3) is 0 Å². The van der Waals surface area contributed by atoms with Crippen molar-refractivity contribution in [1.29, 1.82) is 0 Å². The molecule has 0 aliphatic carbocycles. The molecule has 20 heavy (non-hydrogen) atoms. The fraction of sp³-hybridized carbons (Fsp3) is 0.182. The Labute approximate surface area is 111 Å². The van der Waals surface area contributed by atoms with Crippen LogP contribution in [0.1, 0.15) is 5.56 Å². The number of nitrogen functional groups attached to an aromatic ring is 1. The van der Waals surface area contributed by atoms with Gasteiger partial charge in [-0.15, -0.1) is 0 Å². The Morgan fingerprint density at radius 3 is 2.70 bits per heavy atom. The third-order valence-electron chi connectivity index (χ3n) is 2.43. The van der Waals surface area contributed by atoms with Crippen LogP contribution >= 0.6 is 0 Å². The summed E-state index contributed by atoms with van der Waals surface area (Å²) in [4.78, 5) is 15.3. The maximum atomic E-state index is 12.5. The van der Waals surface area contributed by atoms with Crippen LogP contribution < -0.4 is 11.1 Å². The van der Waals surface area contributed by atoms with Gasteiger partial charge in [-0.3, -0.25) is 4.79 Å². The third kappa shape index (κ3) is 3.25. The van der Waals surface area contributed by atoms with Crippen molar-refractivity contribution in [3.63, 3.8) is 0 Å². The van der Waals surface area contributed by atoms with Crippen LogP contribution in [0.2, 0.25) is 0 Å². The highest BCUT2D eigenvalue weighted by Crippen LogP contribution is 2.32. The molecule has 0 aliphatic heterocycles. The summed E-state index contributed by atoms with van der Waals surface area (Å²) in [6.07, 6.45) is -1.87. The van der Waals surface area contributed by atoms with Crippen LogP contribution in [0.4, 0.5) is 24.5 Å². The van der Waals surface area contributed by atoms with Gasteiger partial charge in [-0.25, -0.2) is 9.67 Å². The molecule has 6 nitrogen and oxygen atoms in total. The van der Waals surface area contributed by atoms with E-state index in [2.05, 4.69) is 15.4 Å². The van der Waals surface area contributed by atoms with Gasteiger partial charge in [0.15, 0.2) is 0 Å². The standard InChI is InChI=1S/C11H10F3N5O/c12-11(13,14)7-1-2-9(8(15)3-7)18-10(20)4-19-6-16-5-17-19/h1-3,5-6H,4,15H2,(H,18,20). The highest BCUT2D eigenvalue weighted by molar-refractivity contribution is 5.93. The number of alkyl halides is 3. The fourth-order valence-corrected chi connectivity index (χ4v) is 1.50. The van der Waals surface area contributed by atoms with Gasteiger partial charge in [-0.05, 0) is 18.2 Å². The van der Waals surface area contributed by atoms with Crippen LogP contribution in [0, 0.1) is 0 Å². The number of benzene rings is 1. The molecule has 0 atom stereocenters. The zero-order valence-electron chi connectivity index (χ0n) is 10.1. The van der Waals surface area contributed by atoms with E-state index in [9.17, 15) is 18.0 Å². The van der Waals surface area contributed by atoms with Gasteiger partial charge in [0.2, 0.25) is 5.91 Å². The average molecular weight is 285 g/mol. The van der Waals surface area contributed by atoms with E-state index in [0.717, 1.165) is 18.2 Å². The molecule has 3 N–H and O–H groups in total. The molecule has 0 spiro atoms. The summed E-state index contributed by atoms with van der Waals surface area (Å²) in [7, 11) is 0. The van der Waals surface area contributed by atoms with E-state index >= 15 is 0 Å². The van der Waals surface area contributed by atoms with Crippen LogP contribution in [0.5, 0.6) is 0 Å². The Bertz CT molecular complexity index is 609. The van der Waals surface area contributed by atoms with Crippen molar-refractivity contribution < 1.29 is 18.0 Å². The summed E-state index contributed by atoms with van der Waals surface area (Å²) in [6.45, 7) is -0.111. The second-order valence-electron chi connectivity index (χ2n) is 3.94. The summed E-state index contributed by atoms with van der Waals surface area (Å²) in [6, 6.07) is 2.73. The maximum absolute atomic E-state index is 12.5. The van der Waals surface area contributed by atoms with Gasteiger partial charge < -0.3 is 11.1 Å². The van der Waals surface area contributed by atoms with E-state index in [1.807, 2.05) is 0 Å². The monoisotopic (exact) mass is 285 g/mol. The predicted octanol–water partition coefficient (Wildman–Crippen LogP) is 1.52. The summed E-state index contributed by atoms with van der Waals surface area (Å²) in [5, 5.41) is 6.14. The second kappa shape index (κ2) is 5.19. The highest BCUT2D eigenvalue weighted by atomic mass is 19.4. The van der Waals surface area contributed by atoms with E-state index in [0.29, 0.717) is 0 Å². The van der Waals surface area contributed by atoms with Crippen LogP contribution in [0.25, 0.3) is 0 Å². The number of hydrogen-bond acceptors (Lipinski definition) is 4. The van der Waals surface area contributed by atoms with Crippen molar-refractivity contribution in [2.75, 3.05) is 11.1 Å². The molecule has 1 heterocycles. The lowest BCUT2D eigenvalue weighted by atomic mass is 10.1. The molecule has 1 aromatic heterocycles. The first-order valence-electron chi connectivity index (χ1n) is 5.45. The fourth-order valence-electron chi connectivity index (χ4n) is 1.50. The average Bonchev–Trinajstić information content (AvgIpc) is 2.83. The minimum Gasteiger partial charge on any atom is -0.397 e. The summed E-state index contributed by atoms with van der Waals surface area (Å²) in [5.74, 6) is -0.470. The third-order valence-corrected chi connectivity index (χ3v) is 2.43. The van der Waals surface area contributed by atoms with Crippen molar-refractivity contribution in [3.8, 4) is 0 Å². The summed E-state index contributed by atoms with van der Waals surface area (Å²) < 4.78 is 38.6. The van der Waals surface area contributed by atoms with Crippen LogP contribution in [0.3, 0.4) is 0 Å². The highest BCUT2D eigenvalue weighted by Gasteiger charge is 2.30. The van der Waals surface area contributed by atoms with Crippen molar-refractivity contribution in [1.82, 2.24) is 14.8 Å². The Morgan fingerprint density at radius 2 is 2.15 bits per heavy atom. The van der Waals surface area contributed by atoms with Crippen molar-refractivity contribution in [3.05, 3.63) is 36.4 Å². The molecule has 0 saturated carbocycles. The van der Waals surface area contributed by atoms with E-state index in [4.69, 9.17) is 5.73 Å². The number of nitrogens with two attached hydrogens (primary N) is 1. The lowest BCUT2D eigenvalue weighted by molar-refractivity contribution is -0.137. The summed E-state index contributed by atoms with van der Waals surface area (Å²) in [5.41, 5.74) is 4.57. The molecule has 2 aromatic rings. The second-order valence-corrected chi connectivity index (χ2v) is 3.94. The first-order chi connectivity index (χ1) is 9.36. The van der Waals surface area contributed by atoms with Gasteiger partial charge in [-0.2, -0.15) is 18.3 Å². The van der Waals surface area contributed by atoms with Crippen molar-refractivity contribution in [2.24, 2.45) is 0 Å². The zero-order chi connectivity index (χ0) is 14.8. The molecular weight excluding hydrogens is 275 g/mol.